The zero-order chi connectivity index (χ0) is 12.7. The lowest BCUT2D eigenvalue weighted by Gasteiger charge is -2.02. The summed E-state index contributed by atoms with van der Waals surface area (Å²) in [5.41, 5.74) is 5.61. The summed E-state index contributed by atoms with van der Waals surface area (Å²) in [5.74, 6) is 2.22. The molecule has 0 unspecified atom stereocenters. The predicted molar refractivity (Wildman–Crippen MR) is 63.6 cm³/mol. The van der Waals surface area contributed by atoms with E-state index < -0.39 is 5.91 Å². The molecule has 0 spiro atoms. The summed E-state index contributed by atoms with van der Waals surface area (Å²) >= 11 is 0. The number of amides is 1. The first-order valence-corrected chi connectivity index (χ1v) is 4.75. The van der Waals surface area contributed by atoms with E-state index in [1.165, 1.54) is 6.08 Å². The molecule has 0 aliphatic carbocycles. The van der Waals surface area contributed by atoms with Gasteiger partial charge < -0.3 is 10.5 Å². The van der Waals surface area contributed by atoms with Crippen LogP contribution in [0.4, 0.5) is 0 Å². The Balaban J connectivity index is 2.85. The van der Waals surface area contributed by atoms with Gasteiger partial charge in [-0.2, -0.15) is 5.26 Å². The van der Waals surface area contributed by atoms with Crippen LogP contribution in [0.15, 0.2) is 29.8 Å². The molecule has 1 amide bonds. The maximum absolute atomic E-state index is 10.8. The minimum Gasteiger partial charge on any atom is -0.481 e. The molecule has 0 bridgehead atoms. The summed E-state index contributed by atoms with van der Waals surface area (Å²) in [6, 6.07) is 8.52. The number of ether oxygens (including phenoxy) is 1. The Labute approximate surface area is 99.3 Å². The summed E-state index contributed by atoms with van der Waals surface area (Å²) < 4.78 is 5.18. The minimum atomic E-state index is -0.750. The second-order valence-corrected chi connectivity index (χ2v) is 3.10. The number of benzene rings is 1. The van der Waals surface area contributed by atoms with Crippen molar-refractivity contribution >= 4 is 12.0 Å². The van der Waals surface area contributed by atoms with Gasteiger partial charge in [-0.1, -0.05) is 18.1 Å². The number of nitrogens with zero attached hydrogens (tertiary/aromatic N) is 1. The van der Waals surface area contributed by atoms with E-state index >= 15 is 0 Å². The molecule has 0 aromatic heterocycles. The fraction of sp³-hybridized carbons (Fsp3) is 0.0769. The maximum atomic E-state index is 10.8. The van der Waals surface area contributed by atoms with E-state index in [4.69, 9.17) is 22.2 Å². The van der Waals surface area contributed by atoms with Gasteiger partial charge in [0.2, 0.25) is 0 Å². The number of nitrogens with two attached hydrogens (primary N) is 1. The molecule has 0 saturated heterocycles. The van der Waals surface area contributed by atoms with Gasteiger partial charge >= 0.3 is 0 Å². The van der Waals surface area contributed by atoms with Crippen molar-refractivity contribution in [3.8, 4) is 24.2 Å². The Morgan fingerprint density at radius 2 is 2.12 bits per heavy atom. The van der Waals surface area contributed by atoms with Crippen LogP contribution in [0.2, 0.25) is 0 Å². The maximum Gasteiger partial charge on any atom is 0.259 e. The predicted octanol–water partition coefficient (Wildman–Crippen LogP) is 1.09. The summed E-state index contributed by atoms with van der Waals surface area (Å²) in [6.07, 6.45) is 6.46. The first-order chi connectivity index (χ1) is 8.17. The third kappa shape index (κ3) is 3.73. The number of nitriles is 1. The van der Waals surface area contributed by atoms with Crippen LogP contribution in [0.25, 0.3) is 6.08 Å². The van der Waals surface area contributed by atoms with Crippen molar-refractivity contribution in [3.63, 3.8) is 0 Å². The molecule has 0 saturated carbocycles. The molecule has 0 heterocycles. The molecule has 0 atom stereocenters. The number of hydrogen-bond acceptors (Lipinski definition) is 3. The van der Waals surface area contributed by atoms with Crippen LogP contribution >= 0.6 is 0 Å². The highest BCUT2D eigenvalue weighted by molar-refractivity contribution is 6.00. The van der Waals surface area contributed by atoms with Crippen LogP contribution in [-0.2, 0) is 4.79 Å². The van der Waals surface area contributed by atoms with Crippen LogP contribution in [0.1, 0.15) is 5.56 Å². The van der Waals surface area contributed by atoms with Crippen LogP contribution in [0.3, 0.4) is 0 Å². The molecule has 0 aliphatic heterocycles. The quantitative estimate of drug-likeness (QED) is 0.474. The standard InChI is InChI=1S/C13H10N2O2/c1-2-7-17-12-5-3-10(4-6-12)8-11(9-14)13(15)16/h1,3-6,8H,7H2,(H2,15,16)/b11-8+. The zero-order valence-electron chi connectivity index (χ0n) is 9.01. The smallest absolute Gasteiger partial charge is 0.259 e. The molecule has 0 fully saturated rings. The SMILES string of the molecule is C#CCOc1ccc(/C=C(\C#N)C(N)=O)cc1. The molecule has 2 N–H and O–H groups in total. The molecule has 1 aromatic carbocycles. The summed E-state index contributed by atoms with van der Waals surface area (Å²) in [6.45, 7) is 0.194. The summed E-state index contributed by atoms with van der Waals surface area (Å²) in [4.78, 5) is 10.8. The van der Waals surface area contributed by atoms with Crippen molar-refractivity contribution in [2.45, 2.75) is 0 Å². The van der Waals surface area contributed by atoms with E-state index in [-0.39, 0.29) is 12.2 Å². The number of primary amides is 1. The van der Waals surface area contributed by atoms with Crippen LogP contribution in [-0.4, -0.2) is 12.5 Å². The first kappa shape index (κ1) is 12.4. The van der Waals surface area contributed by atoms with Gasteiger partial charge in [-0.15, -0.1) is 6.42 Å². The fourth-order valence-corrected chi connectivity index (χ4v) is 1.11. The largest absolute Gasteiger partial charge is 0.481 e. The van der Waals surface area contributed by atoms with Gasteiger partial charge in [0, 0.05) is 0 Å². The minimum absolute atomic E-state index is 0.0951. The second kappa shape index (κ2) is 5.99. The Morgan fingerprint density at radius 3 is 2.59 bits per heavy atom. The van der Waals surface area contributed by atoms with Crippen molar-refractivity contribution < 1.29 is 9.53 Å². The van der Waals surface area contributed by atoms with Gasteiger partial charge in [-0.05, 0) is 23.8 Å². The molecule has 0 radical (unpaired) electrons. The Bertz CT molecular complexity index is 516. The van der Waals surface area contributed by atoms with Crippen molar-refractivity contribution in [1.29, 1.82) is 5.26 Å². The number of rotatable bonds is 4. The molecular weight excluding hydrogens is 216 g/mol. The van der Waals surface area contributed by atoms with Crippen LogP contribution < -0.4 is 10.5 Å². The van der Waals surface area contributed by atoms with Gasteiger partial charge in [0.15, 0.2) is 0 Å². The topological polar surface area (TPSA) is 76.1 Å². The second-order valence-electron chi connectivity index (χ2n) is 3.10. The Kier molecular flexibility index (Phi) is 4.35. The fourth-order valence-electron chi connectivity index (χ4n) is 1.11. The van der Waals surface area contributed by atoms with Crippen LogP contribution in [0.5, 0.6) is 5.75 Å². The molecule has 0 aliphatic rings. The lowest BCUT2D eigenvalue weighted by Crippen LogP contribution is -2.12. The third-order valence-electron chi connectivity index (χ3n) is 1.90. The van der Waals surface area contributed by atoms with E-state index in [2.05, 4.69) is 5.92 Å². The molecular formula is C13H10N2O2. The Hall–Kier alpha value is -2.72. The van der Waals surface area contributed by atoms with Gasteiger partial charge in [-0.3, -0.25) is 4.79 Å². The molecule has 17 heavy (non-hydrogen) atoms. The van der Waals surface area contributed by atoms with E-state index in [1.54, 1.807) is 30.3 Å². The lowest BCUT2D eigenvalue weighted by atomic mass is 10.1. The molecule has 84 valence electrons. The highest BCUT2D eigenvalue weighted by Gasteiger charge is 2.02. The third-order valence-corrected chi connectivity index (χ3v) is 1.90. The highest BCUT2D eigenvalue weighted by atomic mass is 16.5. The van der Waals surface area contributed by atoms with Crippen LogP contribution in [0, 0.1) is 23.7 Å². The van der Waals surface area contributed by atoms with Crippen molar-refractivity contribution in [2.24, 2.45) is 5.73 Å². The number of hydrogen-bond donors (Lipinski definition) is 1. The first-order valence-electron chi connectivity index (χ1n) is 4.75. The number of carbonyl (C=O) groups excluding carboxylic acids is 1. The van der Waals surface area contributed by atoms with E-state index in [9.17, 15) is 4.79 Å². The molecule has 1 rings (SSSR count). The molecule has 4 nitrogen and oxygen atoms in total. The van der Waals surface area contributed by atoms with Gasteiger partial charge in [0.25, 0.3) is 5.91 Å². The normalized spacial score (nSPS) is 10.1. The Morgan fingerprint density at radius 1 is 1.47 bits per heavy atom. The van der Waals surface area contributed by atoms with Crippen molar-refractivity contribution in [3.05, 3.63) is 35.4 Å². The molecule has 4 heteroatoms. The van der Waals surface area contributed by atoms with Gasteiger partial charge in [0.05, 0.1) is 0 Å². The summed E-state index contributed by atoms with van der Waals surface area (Å²) in [5, 5.41) is 8.66. The van der Waals surface area contributed by atoms with Gasteiger partial charge in [-0.25, -0.2) is 0 Å². The van der Waals surface area contributed by atoms with Crippen molar-refractivity contribution in [2.75, 3.05) is 6.61 Å². The lowest BCUT2D eigenvalue weighted by molar-refractivity contribution is -0.114. The highest BCUT2D eigenvalue weighted by Crippen LogP contribution is 2.14. The van der Waals surface area contributed by atoms with E-state index in [0.717, 1.165) is 0 Å². The molecule has 1 aromatic rings. The monoisotopic (exact) mass is 226 g/mol. The zero-order valence-corrected chi connectivity index (χ0v) is 9.01. The average Bonchev–Trinajstić information content (AvgIpc) is 2.34. The number of carbonyl (C=O) groups is 1. The van der Waals surface area contributed by atoms with E-state index in [1.807, 2.05) is 0 Å². The summed E-state index contributed by atoms with van der Waals surface area (Å²) in [7, 11) is 0. The average molecular weight is 226 g/mol. The van der Waals surface area contributed by atoms with Gasteiger partial charge in [0.1, 0.15) is 24.0 Å². The van der Waals surface area contributed by atoms with Crippen molar-refractivity contribution in [1.82, 2.24) is 0 Å². The van der Waals surface area contributed by atoms with E-state index in [0.29, 0.717) is 11.3 Å². The number of terminal acetylenes is 1.